The molecule has 0 radical (unpaired) electrons. The van der Waals surface area contributed by atoms with Crippen molar-refractivity contribution >= 4 is 7.32 Å². The van der Waals surface area contributed by atoms with E-state index < -0.39 is 7.32 Å². The number of unbranched alkanes of at least 4 members (excludes halogenated alkanes) is 8. The van der Waals surface area contributed by atoms with Crippen LogP contribution in [-0.2, 0) is 4.65 Å². The molecule has 0 aliphatic carbocycles. The Hall–Kier alpha value is -0.0551. The molecule has 3 nitrogen and oxygen atoms in total. The van der Waals surface area contributed by atoms with Gasteiger partial charge in [-0.1, -0.05) is 91.4 Å². The molecule has 0 aromatic heterocycles. The molecule has 0 amide bonds. The minimum atomic E-state index is -1.61. The van der Waals surface area contributed by atoms with Gasteiger partial charge >= 0.3 is 7.32 Å². The van der Waals surface area contributed by atoms with Crippen molar-refractivity contribution in [2.45, 2.75) is 124 Å². The molecule has 0 fully saturated rings. The number of hydrogen-bond acceptors (Lipinski definition) is 3. The molecule has 0 spiro atoms. The highest BCUT2D eigenvalue weighted by Gasteiger charge is 2.28. The molecule has 0 aliphatic heterocycles. The normalized spacial score (nSPS) is 11.9. The Morgan fingerprint density at radius 1 is 0.600 bits per heavy atom. The summed E-state index contributed by atoms with van der Waals surface area (Å²) in [7, 11) is -1.61. The van der Waals surface area contributed by atoms with Crippen LogP contribution >= 0.6 is 0 Å². The third-order valence-corrected chi connectivity index (χ3v) is 5.55. The summed E-state index contributed by atoms with van der Waals surface area (Å²) < 4.78 is 4.82. The lowest BCUT2D eigenvalue weighted by atomic mass is 9.71. The van der Waals surface area contributed by atoms with Gasteiger partial charge in [-0.3, -0.25) is 0 Å². The summed E-state index contributed by atoms with van der Waals surface area (Å²) in [6, 6.07) is 0. The van der Waals surface area contributed by atoms with Gasteiger partial charge in [0, 0.05) is 6.61 Å². The SMILES string of the molecule is CCCCCC(CCCCC)(CCCCC)CCCCCOB(O)O. The van der Waals surface area contributed by atoms with Crippen LogP contribution in [0, 0.1) is 5.41 Å². The average molecular weight is 356 g/mol. The van der Waals surface area contributed by atoms with E-state index in [1.54, 1.807) is 0 Å². The molecule has 0 atom stereocenters. The zero-order valence-electron chi connectivity index (χ0n) is 17.4. The van der Waals surface area contributed by atoms with Gasteiger partial charge in [-0.15, -0.1) is 0 Å². The molecule has 0 aliphatic rings. The summed E-state index contributed by atoms with van der Waals surface area (Å²) in [4.78, 5) is 0. The second kappa shape index (κ2) is 17.4. The summed E-state index contributed by atoms with van der Waals surface area (Å²) in [6.07, 6.45) is 21.0. The van der Waals surface area contributed by atoms with Gasteiger partial charge in [-0.05, 0) is 37.5 Å². The molecule has 0 saturated carbocycles. The molecule has 150 valence electrons. The predicted octanol–water partition coefficient (Wildman–Crippen LogP) is 6.26. The summed E-state index contributed by atoms with van der Waals surface area (Å²) in [5.41, 5.74) is 0.552. The second-order valence-electron chi connectivity index (χ2n) is 7.88. The fraction of sp³-hybridized carbons (Fsp3) is 1.00. The largest absolute Gasteiger partial charge is 0.633 e. The first-order valence-electron chi connectivity index (χ1n) is 11.1. The minimum Gasteiger partial charge on any atom is -0.402 e. The third kappa shape index (κ3) is 14.8. The van der Waals surface area contributed by atoms with Crippen LogP contribution in [0.2, 0.25) is 0 Å². The van der Waals surface area contributed by atoms with Crippen molar-refractivity contribution in [3.05, 3.63) is 0 Å². The van der Waals surface area contributed by atoms with E-state index in [-0.39, 0.29) is 0 Å². The maximum atomic E-state index is 8.73. The summed E-state index contributed by atoms with van der Waals surface area (Å²) in [5.74, 6) is 0. The van der Waals surface area contributed by atoms with E-state index in [1.165, 1.54) is 89.9 Å². The van der Waals surface area contributed by atoms with Crippen LogP contribution in [0.25, 0.3) is 0 Å². The zero-order valence-corrected chi connectivity index (χ0v) is 17.4. The summed E-state index contributed by atoms with van der Waals surface area (Å²) in [6.45, 7) is 7.34. The first-order chi connectivity index (χ1) is 12.1. The van der Waals surface area contributed by atoms with Crippen molar-refractivity contribution in [2.75, 3.05) is 6.61 Å². The van der Waals surface area contributed by atoms with Gasteiger partial charge in [-0.2, -0.15) is 0 Å². The molecule has 0 bridgehead atoms. The van der Waals surface area contributed by atoms with E-state index in [0.717, 1.165) is 12.8 Å². The van der Waals surface area contributed by atoms with Gasteiger partial charge in [0.05, 0.1) is 0 Å². The van der Waals surface area contributed by atoms with Crippen molar-refractivity contribution in [3.8, 4) is 0 Å². The highest BCUT2D eigenvalue weighted by Crippen LogP contribution is 2.41. The molecule has 4 heteroatoms. The fourth-order valence-electron chi connectivity index (χ4n) is 3.97. The minimum absolute atomic E-state index is 0.451. The van der Waals surface area contributed by atoms with Crippen LogP contribution in [0.4, 0.5) is 0 Å². The standard InChI is InChI=1S/C21H45BO3/c1-4-7-11-16-21(17-12-8-5-2,18-13-9-6-3)19-14-10-15-20-25-22(23)24/h23-24H,4-20H2,1-3H3. The van der Waals surface area contributed by atoms with E-state index in [1.807, 2.05) is 0 Å². The Morgan fingerprint density at radius 3 is 1.36 bits per heavy atom. The molecule has 25 heavy (non-hydrogen) atoms. The molecular weight excluding hydrogens is 311 g/mol. The number of hydrogen-bond donors (Lipinski definition) is 2. The van der Waals surface area contributed by atoms with Gasteiger partial charge in [-0.25, -0.2) is 0 Å². The van der Waals surface area contributed by atoms with E-state index in [2.05, 4.69) is 20.8 Å². The van der Waals surface area contributed by atoms with Crippen molar-refractivity contribution in [1.82, 2.24) is 0 Å². The van der Waals surface area contributed by atoms with Crippen molar-refractivity contribution in [2.24, 2.45) is 5.41 Å². The topological polar surface area (TPSA) is 49.7 Å². The van der Waals surface area contributed by atoms with Gasteiger partial charge in [0.15, 0.2) is 0 Å². The van der Waals surface area contributed by atoms with Gasteiger partial charge < -0.3 is 14.7 Å². The zero-order chi connectivity index (χ0) is 18.8. The maximum Gasteiger partial charge on any atom is 0.633 e. The van der Waals surface area contributed by atoms with Crippen LogP contribution in [0.3, 0.4) is 0 Å². The molecule has 0 unspecified atom stereocenters. The maximum absolute atomic E-state index is 8.73. The molecule has 0 heterocycles. The molecular formula is C21H45BO3. The lowest BCUT2D eigenvalue weighted by molar-refractivity contribution is 0.163. The third-order valence-electron chi connectivity index (χ3n) is 5.55. The van der Waals surface area contributed by atoms with Crippen LogP contribution in [-0.4, -0.2) is 24.0 Å². The van der Waals surface area contributed by atoms with Crippen molar-refractivity contribution in [3.63, 3.8) is 0 Å². The highest BCUT2D eigenvalue weighted by atomic mass is 16.6. The molecule has 0 rings (SSSR count). The Labute approximate surface area is 158 Å². The van der Waals surface area contributed by atoms with Gasteiger partial charge in [0.25, 0.3) is 0 Å². The van der Waals surface area contributed by atoms with Gasteiger partial charge in [0.1, 0.15) is 0 Å². The quantitative estimate of drug-likeness (QED) is 0.212. The first kappa shape index (κ1) is 24.9. The molecule has 2 N–H and O–H groups in total. The fourth-order valence-corrected chi connectivity index (χ4v) is 3.97. The Kier molecular flexibility index (Phi) is 17.3. The van der Waals surface area contributed by atoms with Crippen molar-refractivity contribution in [1.29, 1.82) is 0 Å². The van der Waals surface area contributed by atoms with E-state index in [0.29, 0.717) is 12.0 Å². The highest BCUT2D eigenvalue weighted by molar-refractivity contribution is 6.32. The van der Waals surface area contributed by atoms with E-state index in [9.17, 15) is 0 Å². The molecule has 0 saturated heterocycles. The monoisotopic (exact) mass is 356 g/mol. The van der Waals surface area contributed by atoms with Gasteiger partial charge in [0.2, 0.25) is 0 Å². The van der Waals surface area contributed by atoms with Crippen LogP contribution in [0.15, 0.2) is 0 Å². The summed E-state index contributed by atoms with van der Waals surface area (Å²) >= 11 is 0. The lowest BCUT2D eigenvalue weighted by Crippen LogP contribution is -2.22. The first-order valence-corrected chi connectivity index (χ1v) is 11.1. The second-order valence-corrected chi connectivity index (χ2v) is 7.88. The average Bonchev–Trinajstić information content (AvgIpc) is 2.58. The molecule has 0 aromatic carbocycles. The molecule has 0 aromatic rings. The van der Waals surface area contributed by atoms with Crippen molar-refractivity contribution < 1.29 is 14.7 Å². The van der Waals surface area contributed by atoms with Crippen LogP contribution < -0.4 is 0 Å². The predicted molar refractivity (Wildman–Crippen MR) is 109 cm³/mol. The van der Waals surface area contributed by atoms with Crippen LogP contribution in [0.1, 0.15) is 124 Å². The number of rotatable bonds is 19. The Balaban J connectivity index is 4.48. The Morgan fingerprint density at radius 2 is 1.00 bits per heavy atom. The smallest absolute Gasteiger partial charge is 0.402 e. The Bertz CT molecular complexity index is 245. The lowest BCUT2D eigenvalue weighted by Gasteiger charge is -2.35. The van der Waals surface area contributed by atoms with E-state index >= 15 is 0 Å². The summed E-state index contributed by atoms with van der Waals surface area (Å²) in [5, 5.41) is 17.5. The van der Waals surface area contributed by atoms with Crippen LogP contribution in [0.5, 0.6) is 0 Å². The van der Waals surface area contributed by atoms with E-state index in [4.69, 9.17) is 14.7 Å².